The molecule has 6 heteroatoms. The van der Waals surface area contributed by atoms with Crippen molar-refractivity contribution < 1.29 is 19.1 Å². The molecule has 2 aromatic carbocycles. The van der Waals surface area contributed by atoms with Crippen molar-refractivity contribution in [1.29, 1.82) is 0 Å². The molecule has 2 rings (SSSR count). The van der Waals surface area contributed by atoms with Gasteiger partial charge in [-0.05, 0) is 42.8 Å². The molecule has 0 heterocycles. The lowest BCUT2D eigenvalue weighted by atomic mass is 10.1. The topological polar surface area (TPSA) is 64.6 Å². The first-order valence-corrected chi connectivity index (χ1v) is 7.73. The summed E-state index contributed by atoms with van der Waals surface area (Å²) < 4.78 is 10.1. The second kappa shape index (κ2) is 8.36. The third-order valence-electron chi connectivity index (χ3n) is 3.37. The molecule has 126 valence electrons. The fraction of sp³-hybridized carbons (Fsp3) is 0.222. The number of hydrogen-bond acceptors (Lipinski definition) is 4. The van der Waals surface area contributed by atoms with Crippen LogP contribution in [-0.4, -0.2) is 25.6 Å². The first kappa shape index (κ1) is 17.8. The molecule has 0 aliphatic rings. The van der Waals surface area contributed by atoms with Crippen LogP contribution in [0.4, 0.5) is 0 Å². The van der Waals surface area contributed by atoms with E-state index in [4.69, 9.17) is 21.1 Å². The minimum Gasteiger partial charge on any atom is -0.497 e. The first-order valence-electron chi connectivity index (χ1n) is 7.35. The number of halogens is 1. The van der Waals surface area contributed by atoms with Crippen LogP contribution in [0.3, 0.4) is 0 Å². The van der Waals surface area contributed by atoms with Gasteiger partial charge in [-0.2, -0.15) is 0 Å². The first-order chi connectivity index (χ1) is 11.5. The van der Waals surface area contributed by atoms with E-state index in [1.165, 1.54) is 7.11 Å². The third-order valence-corrected chi connectivity index (χ3v) is 3.60. The Kier molecular flexibility index (Phi) is 6.21. The minimum absolute atomic E-state index is 0.244. The van der Waals surface area contributed by atoms with Crippen molar-refractivity contribution in [3.63, 3.8) is 0 Å². The van der Waals surface area contributed by atoms with Crippen molar-refractivity contribution >= 4 is 23.5 Å². The zero-order chi connectivity index (χ0) is 17.5. The van der Waals surface area contributed by atoms with Gasteiger partial charge in [0.25, 0.3) is 5.91 Å². The number of ether oxygens (including phenoxy) is 2. The van der Waals surface area contributed by atoms with Gasteiger partial charge in [0, 0.05) is 5.02 Å². The van der Waals surface area contributed by atoms with Crippen LogP contribution in [0.25, 0.3) is 0 Å². The molecular formula is C18H18ClNO4. The summed E-state index contributed by atoms with van der Waals surface area (Å²) in [6.07, 6.45) is 0. The third kappa shape index (κ3) is 4.99. The van der Waals surface area contributed by atoms with Gasteiger partial charge in [0.2, 0.25) is 0 Å². The lowest BCUT2D eigenvalue weighted by Gasteiger charge is -2.14. The highest BCUT2D eigenvalue weighted by molar-refractivity contribution is 6.30. The summed E-state index contributed by atoms with van der Waals surface area (Å²) in [5, 5.41) is 3.35. The Hall–Kier alpha value is -2.53. The van der Waals surface area contributed by atoms with E-state index in [1.54, 1.807) is 36.4 Å². The SMILES string of the molecule is COc1cccc(C(=O)OCC(=O)N[C@@H](C)c2cccc(Cl)c2)c1. The normalized spacial score (nSPS) is 11.5. The molecule has 2 aromatic rings. The van der Waals surface area contributed by atoms with Gasteiger partial charge in [0.05, 0.1) is 18.7 Å². The van der Waals surface area contributed by atoms with Crippen molar-refractivity contribution in [2.75, 3.05) is 13.7 Å². The Balaban J connectivity index is 1.87. The van der Waals surface area contributed by atoms with E-state index >= 15 is 0 Å². The maximum atomic E-state index is 11.9. The molecule has 5 nitrogen and oxygen atoms in total. The Morgan fingerprint density at radius 3 is 2.62 bits per heavy atom. The van der Waals surface area contributed by atoms with Gasteiger partial charge < -0.3 is 14.8 Å². The number of nitrogens with one attached hydrogen (secondary N) is 1. The molecule has 0 bridgehead atoms. The number of benzene rings is 2. The molecule has 0 aromatic heterocycles. The maximum absolute atomic E-state index is 11.9. The summed E-state index contributed by atoms with van der Waals surface area (Å²) in [5.41, 5.74) is 1.19. The summed E-state index contributed by atoms with van der Waals surface area (Å²) in [7, 11) is 1.51. The van der Waals surface area contributed by atoms with E-state index in [2.05, 4.69) is 5.32 Å². The molecular weight excluding hydrogens is 330 g/mol. The molecule has 0 spiro atoms. The second-order valence-corrected chi connectivity index (χ2v) is 5.59. The molecule has 0 saturated heterocycles. The van der Waals surface area contributed by atoms with Gasteiger partial charge in [-0.25, -0.2) is 4.79 Å². The highest BCUT2D eigenvalue weighted by Gasteiger charge is 2.13. The predicted octanol–water partition coefficient (Wildman–Crippen LogP) is 3.38. The molecule has 0 saturated carbocycles. The maximum Gasteiger partial charge on any atom is 0.338 e. The van der Waals surface area contributed by atoms with E-state index in [9.17, 15) is 9.59 Å². The van der Waals surface area contributed by atoms with E-state index in [-0.39, 0.29) is 12.6 Å². The molecule has 1 atom stereocenters. The Morgan fingerprint density at radius 2 is 1.92 bits per heavy atom. The highest BCUT2D eigenvalue weighted by atomic mass is 35.5. The van der Waals surface area contributed by atoms with Crippen molar-refractivity contribution in [2.45, 2.75) is 13.0 Å². The fourth-order valence-corrected chi connectivity index (χ4v) is 2.31. The minimum atomic E-state index is -0.584. The largest absolute Gasteiger partial charge is 0.497 e. The molecule has 1 amide bonds. The number of amides is 1. The number of carbonyl (C=O) groups is 2. The quantitative estimate of drug-likeness (QED) is 0.813. The predicted molar refractivity (Wildman–Crippen MR) is 91.3 cm³/mol. The molecule has 1 N–H and O–H groups in total. The smallest absolute Gasteiger partial charge is 0.338 e. The Bertz CT molecular complexity index is 732. The number of hydrogen-bond donors (Lipinski definition) is 1. The number of carbonyl (C=O) groups excluding carboxylic acids is 2. The molecule has 0 aliphatic heterocycles. The van der Waals surface area contributed by atoms with Crippen LogP contribution in [0, 0.1) is 0 Å². The fourth-order valence-electron chi connectivity index (χ4n) is 2.11. The van der Waals surface area contributed by atoms with Gasteiger partial charge in [-0.3, -0.25) is 4.79 Å². The molecule has 24 heavy (non-hydrogen) atoms. The Labute approximate surface area is 145 Å². The van der Waals surface area contributed by atoms with Crippen molar-refractivity contribution in [2.24, 2.45) is 0 Å². The lowest BCUT2D eigenvalue weighted by Crippen LogP contribution is -2.31. The van der Waals surface area contributed by atoms with Crippen molar-refractivity contribution in [3.8, 4) is 5.75 Å². The molecule has 0 fully saturated rings. The van der Waals surface area contributed by atoms with E-state index in [0.717, 1.165) is 5.56 Å². The summed E-state index contributed by atoms with van der Waals surface area (Å²) in [6, 6.07) is 13.5. The van der Waals surface area contributed by atoms with Crippen LogP contribution in [0.2, 0.25) is 5.02 Å². The Morgan fingerprint density at radius 1 is 1.17 bits per heavy atom. The molecule has 0 unspecified atom stereocenters. The average Bonchev–Trinajstić information content (AvgIpc) is 2.59. The van der Waals surface area contributed by atoms with Crippen LogP contribution < -0.4 is 10.1 Å². The summed E-state index contributed by atoms with van der Waals surface area (Å²) in [4.78, 5) is 23.9. The summed E-state index contributed by atoms with van der Waals surface area (Å²) in [6.45, 7) is 1.47. The van der Waals surface area contributed by atoms with Gasteiger partial charge in [0.1, 0.15) is 5.75 Å². The summed E-state index contributed by atoms with van der Waals surface area (Å²) in [5.74, 6) is -0.429. The second-order valence-electron chi connectivity index (χ2n) is 5.15. The number of methoxy groups -OCH3 is 1. The van der Waals surface area contributed by atoms with Crippen LogP contribution in [0.5, 0.6) is 5.75 Å². The summed E-state index contributed by atoms with van der Waals surface area (Å²) >= 11 is 5.93. The van der Waals surface area contributed by atoms with Gasteiger partial charge >= 0.3 is 5.97 Å². The van der Waals surface area contributed by atoms with Crippen molar-refractivity contribution in [3.05, 3.63) is 64.7 Å². The average molecular weight is 348 g/mol. The van der Waals surface area contributed by atoms with Crippen LogP contribution in [0.15, 0.2) is 48.5 Å². The van der Waals surface area contributed by atoms with Crippen LogP contribution >= 0.6 is 11.6 Å². The van der Waals surface area contributed by atoms with Gasteiger partial charge in [-0.1, -0.05) is 29.8 Å². The van der Waals surface area contributed by atoms with Crippen molar-refractivity contribution in [1.82, 2.24) is 5.32 Å². The zero-order valence-electron chi connectivity index (χ0n) is 13.4. The number of rotatable bonds is 6. The van der Waals surface area contributed by atoms with E-state index < -0.39 is 11.9 Å². The van der Waals surface area contributed by atoms with Gasteiger partial charge in [-0.15, -0.1) is 0 Å². The highest BCUT2D eigenvalue weighted by Crippen LogP contribution is 2.17. The molecule has 0 radical (unpaired) electrons. The monoisotopic (exact) mass is 347 g/mol. The standard InChI is InChI=1S/C18H18ClNO4/c1-12(13-5-3-7-15(19)9-13)20-17(21)11-24-18(22)14-6-4-8-16(10-14)23-2/h3-10,12H,11H2,1-2H3,(H,20,21)/t12-/m0/s1. The van der Waals surface area contributed by atoms with E-state index in [1.807, 2.05) is 19.1 Å². The van der Waals surface area contributed by atoms with Gasteiger partial charge in [0.15, 0.2) is 6.61 Å². The van der Waals surface area contributed by atoms with Crippen LogP contribution in [0.1, 0.15) is 28.9 Å². The number of esters is 1. The van der Waals surface area contributed by atoms with Crippen LogP contribution in [-0.2, 0) is 9.53 Å². The zero-order valence-corrected chi connectivity index (χ0v) is 14.2. The lowest BCUT2D eigenvalue weighted by molar-refractivity contribution is -0.124. The molecule has 0 aliphatic carbocycles. The van der Waals surface area contributed by atoms with E-state index in [0.29, 0.717) is 16.3 Å².